The van der Waals surface area contributed by atoms with Gasteiger partial charge in [0.1, 0.15) is 0 Å². The molecule has 0 radical (unpaired) electrons. The third kappa shape index (κ3) is 3.02. The van der Waals surface area contributed by atoms with Crippen molar-refractivity contribution in [3.63, 3.8) is 0 Å². The Morgan fingerprint density at radius 1 is 0.727 bits per heavy atom. The number of hydrogen-bond donors (Lipinski definition) is 0. The van der Waals surface area contributed by atoms with Crippen LogP contribution in [0.25, 0.3) is 22.4 Å². The molecule has 3 rings (SSSR count). The van der Waals surface area contributed by atoms with Crippen molar-refractivity contribution in [2.24, 2.45) is 0 Å². The number of benzene rings is 2. The van der Waals surface area contributed by atoms with Gasteiger partial charge in [-0.3, -0.25) is 4.98 Å². The molecule has 110 valence electrons. The molecular weight excluding hydrogens is 282 g/mol. The van der Waals surface area contributed by atoms with Crippen LogP contribution < -0.4 is 5.19 Å². The smallest absolute Gasteiger partial charge is 0.0796 e. The van der Waals surface area contributed by atoms with Gasteiger partial charge in [-0.15, -0.1) is 0 Å². The molecular formula is C20H21NSi. The standard InChI is InChI=1S/C20H21NSi/c1-22(2,3)18-14-19(16-10-6-4-7-11-16)20(21-15-18)17-12-8-5-9-13-17/h4-15H,1-3H3. The Morgan fingerprint density at radius 3 is 1.82 bits per heavy atom. The van der Waals surface area contributed by atoms with Gasteiger partial charge < -0.3 is 0 Å². The van der Waals surface area contributed by atoms with E-state index in [1.165, 1.54) is 21.9 Å². The van der Waals surface area contributed by atoms with E-state index < -0.39 is 8.07 Å². The van der Waals surface area contributed by atoms with E-state index in [4.69, 9.17) is 4.98 Å². The van der Waals surface area contributed by atoms with Crippen LogP contribution in [0.1, 0.15) is 0 Å². The molecule has 0 aliphatic carbocycles. The first kappa shape index (κ1) is 14.7. The summed E-state index contributed by atoms with van der Waals surface area (Å²) in [6, 6.07) is 23.3. The highest BCUT2D eigenvalue weighted by Gasteiger charge is 2.19. The Hall–Kier alpha value is -2.19. The van der Waals surface area contributed by atoms with Crippen LogP contribution in [-0.2, 0) is 0 Å². The van der Waals surface area contributed by atoms with E-state index in [0.717, 1.165) is 5.69 Å². The molecule has 0 bridgehead atoms. The zero-order valence-corrected chi connectivity index (χ0v) is 14.4. The van der Waals surface area contributed by atoms with Crippen LogP contribution in [0.3, 0.4) is 0 Å². The lowest BCUT2D eigenvalue weighted by molar-refractivity contribution is 1.34. The van der Waals surface area contributed by atoms with Crippen molar-refractivity contribution in [2.75, 3.05) is 0 Å². The molecule has 22 heavy (non-hydrogen) atoms. The molecule has 2 aromatic carbocycles. The fourth-order valence-corrected chi connectivity index (χ4v) is 3.57. The van der Waals surface area contributed by atoms with E-state index in [1.807, 2.05) is 6.07 Å². The molecule has 0 N–H and O–H groups in total. The molecule has 2 heteroatoms. The second-order valence-corrected chi connectivity index (χ2v) is 11.7. The lowest BCUT2D eigenvalue weighted by Crippen LogP contribution is -2.38. The van der Waals surface area contributed by atoms with Gasteiger partial charge in [-0.2, -0.15) is 0 Å². The predicted octanol–water partition coefficient (Wildman–Crippen LogP) is 4.96. The Bertz CT molecular complexity index is 759. The van der Waals surface area contributed by atoms with Crippen LogP contribution in [-0.4, -0.2) is 13.1 Å². The third-order valence-corrected chi connectivity index (χ3v) is 5.89. The molecule has 0 amide bonds. The van der Waals surface area contributed by atoms with E-state index in [-0.39, 0.29) is 0 Å². The average molecular weight is 303 g/mol. The number of hydrogen-bond acceptors (Lipinski definition) is 1. The van der Waals surface area contributed by atoms with Gasteiger partial charge >= 0.3 is 0 Å². The first-order chi connectivity index (χ1) is 10.6. The second-order valence-electron chi connectivity index (χ2n) is 6.60. The van der Waals surface area contributed by atoms with Gasteiger partial charge in [0.25, 0.3) is 0 Å². The highest BCUT2D eigenvalue weighted by molar-refractivity contribution is 6.88. The Kier molecular flexibility index (Phi) is 3.95. The molecule has 0 fully saturated rings. The van der Waals surface area contributed by atoms with E-state index >= 15 is 0 Å². The van der Waals surface area contributed by atoms with Gasteiger partial charge in [0, 0.05) is 17.3 Å². The second kappa shape index (κ2) is 5.89. The first-order valence-electron chi connectivity index (χ1n) is 7.67. The average Bonchev–Trinajstić information content (AvgIpc) is 2.55. The van der Waals surface area contributed by atoms with Crippen molar-refractivity contribution in [1.82, 2.24) is 4.98 Å². The molecule has 1 heterocycles. The van der Waals surface area contributed by atoms with Gasteiger partial charge in [-0.05, 0) is 10.8 Å². The van der Waals surface area contributed by atoms with Crippen LogP contribution in [0.15, 0.2) is 72.9 Å². The number of nitrogens with zero attached hydrogens (tertiary/aromatic N) is 1. The van der Waals surface area contributed by atoms with Crippen LogP contribution >= 0.6 is 0 Å². The zero-order chi connectivity index (χ0) is 15.6. The largest absolute Gasteiger partial charge is 0.256 e. The van der Waals surface area contributed by atoms with Crippen molar-refractivity contribution in [1.29, 1.82) is 0 Å². The minimum Gasteiger partial charge on any atom is -0.256 e. The van der Waals surface area contributed by atoms with Crippen LogP contribution in [0.5, 0.6) is 0 Å². The van der Waals surface area contributed by atoms with Crippen molar-refractivity contribution in [3.8, 4) is 22.4 Å². The first-order valence-corrected chi connectivity index (χ1v) is 11.2. The summed E-state index contributed by atoms with van der Waals surface area (Å²) in [5.74, 6) is 0. The molecule has 0 spiro atoms. The topological polar surface area (TPSA) is 12.9 Å². The van der Waals surface area contributed by atoms with Crippen molar-refractivity contribution < 1.29 is 0 Å². The summed E-state index contributed by atoms with van der Waals surface area (Å²) >= 11 is 0. The highest BCUT2D eigenvalue weighted by atomic mass is 28.3. The Labute approximate surface area is 133 Å². The van der Waals surface area contributed by atoms with E-state index in [1.54, 1.807) is 0 Å². The van der Waals surface area contributed by atoms with Crippen molar-refractivity contribution >= 4 is 13.3 Å². The summed E-state index contributed by atoms with van der Waals surface area (Å²) < 4.78 is 0. The summed E-state index contributed by atoms with van der Waals surface area (Å²) in [4.78, 5) is 4.83. The molecule has 1 nitrogen and oxygen atoms in total. The summed E-state index contributed by atoms with van der Waals surface area (Å²) in [6.45, 7) is 7.09. The molecule has 0 aliphatic rings. The lowest BCUT2D eigenvalue weighted by atomic mass is 9.99. The number of aromatic nitrogens is 1. The summed E-state index contributed by atoms with van der Waals surface area (Å²) in [7, 11) is -1.38. The fraction of sp³-hybridized carbons (Fsp3) is 0.150. The molecule has 0 saturated carbocycles. The maximum atomic E-state index is 4.83. The van der Waals surface area contributed by atoms with Crippen molar-refractivity contribution in [2.45, 2.75) is 19.6 Å². The molecule has 3 aromatic rings. The molecule has 0 aliphatic heterocycles. The number of pyridine rings is 1. The Morgan fingerprint density at radius 2 is 1.27 bits per heavy atom. The molecule has 0 atom stereocenters. The minimum absolute atomic E-state index is 1.06. The van der Waals surface area contributed by atoms with Gasteiger partial charge in [-0.1, -0.05) is 86.4 Å². The third-order valence-electron chi connectivity index (χ3n) is 3.89. The van der Waals surface area contributed by atoms with E-state index in [9.17, 15) is 0 Å². The Balaban J connectivity index is 2.23. The van der Waals surface area contributed by atoms with E-state index in [2.05, 4.69) is 86.5 Å². The van der Waals surface area contributed by atoms with E-state index in [0.29, 0.717) is 0 Å². The predicted molar refractivity (Wildman–Crippen MR) is 98.1 cm³/mol. The zero-order valence-electron chi connectivity index (χ0n) is 13.4. The van der Waals surface area contributed by atoms with Gasteiger partial charge in [0.15, 0.2) is 0 Å². The van der Waals surface area contributed by atoms with Gasteiger partial charge in [-0.25, -0.2) is 0 Å². The van der Waals surface area contributed by atoms with Crippen molar-refractivity contribution in [3.05, 3.63) is 72.9 Å². The SMILES string of the molecule is C[Si](C)(C)c1cnc(-c2ccccc2)c(-c2ccccc2)c1. The molecule has 0 saturated heterocycles. The monoisotopic (exact) mass is 303 g/mol. The quantitative estimate of drug-likeness (QED) is 0.623. The minimum atomic E-state index is -1.38. The summed E-state index contributed by atoms with van der Waals surface area (Å²) in [6.07, 6.45) is 2.07. The fourth-order valence-electron chi connectivity index (χ4n) is 2.54. The normalized spacial score (nSPS) is 11.4. The summed E-state index contributed by atoms with van der Waals surface area (Å²) in [5, 5.41) is 1.39. The summed E-state index contributed by atoms with van der Waals surface area (Å²) in [5.41, 5.74) is 4.69. The molecule has 1 aromatic heterocycles. The van der Waals surface area contributed by atoms with Gasteiger partial charge in [0.05, 0.1) is 13.8 Å². The van der Waals surface area contributed by atoms with Crippen LogP contribution in [0.2, 0.25) is 19.6 Å². The maximum Gasteiger partial charge on any atom is 0.0796 e. The number of rotatable bonds is 3. The molecule has 0 unspecified atom stereocenters. The maximum absolute atomic E-state index is 4.83. The highest BCUT2D eigenvalue weighted by Crippen LogP contribution is 2.29. The van der Waals surface area contributed by atoms with Crippen LogP contribution in [0.4, 0.5) is 0 Å². The lowest BCUT2D eigenvalue weighted by Gasteiger charge is -2.19. The van der Waals surface area contributed by atoms with Crippen LogP contribution in [0, 0.1) is 0 Å². The van der Waals surface area contributed by atoms with Gasteiger partial charge in [0.2, 0.25) is 0 Å².